The Labute approximate surface area is 205 Å². The first-order valence-corrected chi connectivity index (χ1v) is 12.8. The minimum Gasteiger partial charge on any atom is -0.393 e. The molecule has 0 aliphatic heterocycles. The number of hydrogen-bond acceptors (Lipinski definition) is 7. The number of aliphatic hydroxyl groups is 1. The second kappa shape index (κ2) is 9.93. The van der Waals surface area contributed by atoms with E-state index >= 15 is 0 Å². The second-order valence-corrected chi connectivity index (χ2v) is 10.3. The van der Waals surface area contributed by atoms with E-state index in [2.05, 4.69) is 25.7 Å². The number of rotatable bonds is 5. The van der Waals surface area contributed by atoms with Gasteiger partial charge in [0.1, 0.15) is 0 Å². The molecule has 0 spiro atoms. The number of carbonyl (C=O) groups is 2. The van der Waals surface area contributed by atoms with Gasteiger partial charge in [-0.1, -0.05) is 0 Å². The van der Waals surface area contributed by atoms with E-state index in [4.69, 9.17) is 5.73 Å². The van der Waals surface area contributed by atoms with Crippen LogP contribution in [-0.4, -0.2) is 55.4 Å². The summed E-state index contributed by atoms with van der Waals surface area (Å²) in [6.45, 7) is 0.588. The number of aliphatic hydroxyl groups excluding tert-OH is 1. The van der Waals surface area contributed by atoms with E-state index in [0.717, 1.165) is 80.3 Å². The van der Waals surface area contributed by atoms with E-state index in [1.54, 1.807) is 10.9 Å². The van der Waals surface area contributed by atoms with Crippen molar-refractivity contribution in [3.05, 3.63) is 23.0 Å². The molecule has 3 aliphatic carbocycles. The molecule has 2 fully saturated rings. The summed E-state index contributed by atoms with van der Waals surface area (Å²) in [7, 11) is 1.82. The Morgan fingerprint density at radius 1 is 1.11 bits per heavy atom. The fourth-order valence-electron chi connectivity index (χ4n) is 5.84. The summed E-state index contributed by atoms with van der Waals surface area (Å²) in [5, 5.41) is 20.4. The van der Waals surface area contributed by atoms with Gasteiger partial charge in [0.25, 0.3) is 5.91 Å². The van der Waals surface area contributed by atoms with Gasteiger partial charge in [-0.05, 0) is 75.7 Å². The number of anilines is 1. The number of nitrogens with one attached hydrogen (secondary N) is 2. The molecule has 3 aliphatic rings. The van der Waals surface area contributed by atoms with Crippen molar-refractivity contribution in [3.8, 4) is 11.4 Å². The van der Waals surface area contributed by atoms with Crippen LogP contribution in [0.3, 0.4) is 0 Å². The standard InChI is InChI=1S/C25H35N7O3/c1-32-22-19(11-6-16-13-28-25(26)30-20(16)22)21(31-32)24(35)27-12-14-2-4-15(5-3-14)23(34)29-17-7-9-18(33)10-8-17/h13-15,17-18,33H,2-12H2,1H3,(H,27,35)(H,29,34)(H2,26,28,30). The Balaban J connectivity index is 1.13. The average molecular weight is 482 g/mol. The van der Waals surface area contributed by atoms with Gasteiger partial charge in [-0.3, -0.25) is 14.3 Å². The van der Waals surface area contributed by atoms with Crippen molar-refractivity contribution in [2.45, 2.75) is 76.4 Å². The fourth-order valence-corrected chi connectivity index (χ4v) is 5.84. The molecule has 0 atom stereocenters. The number of hydrogen-bond donors (Lipinski definition) is 4. The third-order valence-electron chi connectivity index (χ3n) is 7.92. The zero-order chi connectivity index (χ0) is 24.5. The summed E-state index contributed by atoms with van der Waals surface area (Å²) in [4.78, 5) is 34.2. The number of nitrogen functional groups attached to an aromatic ring is 1. The van der Waals surface area contributed by atoms with E-state index < -0.39 is 0 Å². The van der Waals surface area contributed by atoms with Crippen molar-refractivity contribution in [2.75, 3.05) is 12.3 Å². The lowest BCUT2D eigenvalue weighted by Crippen LogP contribution is -2.43. The third kappa shape index (κ3) is 5.03. The highest BCUT2D eigenvalue weighted by molar-refractivity contribution is 5.96. The smallest absolute Gasteiger partial charge is 0.272 e. The Morgan fingerprint density at radius 2 is 1.86 bits per heavy atom. The maximum Gasteiger partial charge on any atom is 0.272 e. The van der Waals surface area contributed by atoms with Crippen LogP contribution >= 0.6 is 0 Å². The van der Waals surface area contributed by atoms with Gasteiger partial charge in [0.15, 0.2) is 5.69 Å². The Hall–Kier alpha value is -3.01. The van der Waals surface area contributed by atoms with Gasteiger partial charge in [-0.2, -0.15) is 5.10 Å². The van der Waals surface area contributed by atoms with Gasteiger partial charge in [-0.25, -0.2) is 9.97 Å². The van der Waals surface area contributed by atoms with E-state index in [1.165, 1.54) is 0 Å². The van der Waals surface area contributed by atoms with Gasteiger partial charge in [0.2, 0.25) is 11.9 Å². The first-order chi connectivity index (χ1) is 16.9. The van der Waals surface area contributed by atoms with Crippen molar-refractivity contribution in [2.24, 2.45) is 18.9 Å². The first kappa shape index (κ1) is 23.7. The predicted molar refractivity (Wildman–Crippen MR) is 130 cm³/mol. The van der Waals surface area contributed by atoms with Crippen LogP contribution in [0, 0.1) is 11.8 Å². The van der Waals surface area contributed by atoms with Gasteiger partial charge in [0, 0.05) is 37.3 Å². The normalized spacial score (nSPS) is 25.9. The average Bonchev–Trinajstić information content (AvgIpc) is 3.21. The number of carbonyl (C=O) groups excluding carboxylic acids is 2. The molecule has 2 amide bonds. The van der Waals surface area contributed by atoms with Crippen molar-refractivity contribution in [3.63, 3.8) is 0 Å². The molecule has 10 nitrogen and oxygen atoms in total. The summed E-state index contributed by atoms with van der Waals surface area (Å²) < 4.78 is 1.71. The Morgan fingerprint density at radius 3 is 2.60 bits per heavy atom. The lowest BCUT2D eigenvalue weighted by molar-refractivity contribution is -0.127. The first-order valence-electron chi connectivity index (χ1n) is 12.8. The van der Waals surface area contributed by atoms with Gasteiger partial charge >= 0.3 is 0 Å². The van der Waals surface area contributed by atoms with Crippen LogP contribution in [0.15, 0.2) is 6.20 Å². The molecule has 2 aromatic rings. The fraction of sp³-hybridized carbons (Fsp3) is 0.640. The van der Waals surface area contributed by atoms with Crippen molar-refractivity contribution < 1.29 is 14.7 Å². The van der Waals surface area contributed by atoms with E-state index in [-0.39, 0.29) is 35.8 Å². The SMILES string of the molecule is Cn1nc(C(=O)NCC2CCC(C(=O)NC3CCC(O)CC3)CC2)c2c1-c1nc(N)ncc1CC2. The second-order valence-electron chi connectivity index (χ2n) is 10.3. The number of amides is 2. The molecule has 0 unspecified atom stereocenters. The van der Waals surface area contributed by atoms with Crippen LogP contribution in [0.1, 0.15) is 73.0 Å². The minimum absolute atomic E-state index is 0.0473. The molecule has 2 aromatic heterocycles. The summed E-state index contributed by atoms with van der Waals surface area (Å²) in [5.74, 6) is 0.614. The Bertz CT molecular complexity index is 1100. The van der Waals surface area contributed by atoms with Crippen LogP contribution in [0.5, 0.6) is 0 Å². The molecule has 2 heterocycles. The summed E-state index contributed by atoms with van der Waals surface area (Å²) in [6.07, 6.45) is 9.80. The molecule has 0 radical (unpaired) electrons. The van der Waals surface area contributed by atoms with Gasteiger partial charge in [0.05, 0.1) is 17.5 Å². The summed E-state index contributed by atoms with van der Waals surface area (Å²) >= 11 is 0. The maximum atomic E-state index is 13.0. The number of aromatic nitrogens is 4. The highest BCUT2D eigenvalue weighted by Crippen LogP contribution is 2.34. The lowest BCUT2D eigenvalue weighted by atomic mass is 9.81. The molecule has 35 heavy (non-hydrogen) atoms. The molecule has 2 saturated carbocycles. The summed E-state index contributed by atoms with van der Waals surface area (Å²) in [6, 6.07) is 0.196. The maximum absolute atomic E-state index is 13.0. The monoisotopic (exact) mass is 481 g/mol. The van der Waals surface area contributed by atoms with Crippen LogP contribution < -0.4 is 16.4 Å². The lowest BCUT2D eigenvalue weighted by Gasteiger charge is -2.31. The van der Waals surface area contributed by atoms with E-state index in [0.29, 0.717) is 24.6 Å². The molecule has 10 heteroatoms. The van der Waals surface area contributed by atoms with Crippen LogP contribution in [0.2, 0.25) is 0 Å². The quantitative estimate of drug-likeness (QED) is 0.506. The number of fused-ring (bicyclic) bond motifs is 3. The van der Waals surface area contributed by atoms with Crippen molar-refractivity contribution in [1.82, 2.24) is 30.4 Å². The number of aryl methyl sites for hydroxylation is 2. The highest BCUT2D eigenvalue weighted by atomic mass is 16.3. The van der Waals surface area contributed by atoms with E-state index in [1.807, 2.05) is 7.05 Å². The largest absolute Gasteiger partial charge is 0.393 e. The minimum atomic E-state index is -0.214. The van der Waals surface area contributed by atoms with Crippen LogP contribution in [0.4, 0.5) is 5.95 Å². The zero-order valence-corrected chi connectivity index (χ0v) is 20.3. The van der Waals surface area contributed by atoms with Gasteiger partial charge < -0.3 is 21.5 Å². The highest BCUT2D eigenvalue weighted by Gasteiger charge is 2.31. The number of nitrogens with two attached hydrogens (primary N) is 1. The molecule has 188 valence electrons. The predicted octanol–water partition coefficient (Wildman–Crippen LogP) is 1.51. The molecule has 0 aromatic carbocycles. The Kier molecular flexibility index (Phi) is 6.73. The van der Waals surface area contributed by atoms with Gasteiger partial charge in [-0.15, -0.1) is 0 Å². The van der Waals surface area contributed by atoms with E-state index in [9.17, 15) is 14.7 Å². The molecule has 5 rings (SSSR count). The molecule has 0 bridgehead atoms. The molecule has 0 saturated heterocycles. The zero-order valence-electron chi connectivity index (χ0n) is 20.3. The van der Waals surface area contributed by atoms with Crippen LogP contribution in [0.25, 0.3) is 11.4 Å². The van der Waals surface area contributed by atoms with Crippen LogP contribution in [-0.2, 0) is 24.7 Å². The molecular weight excluding hydrogens is 446 g/mol. The summed E-state index contributed by atoms with van der Waals surface area (Å²) in [5.41, 5.74) is 9.78. The number of nitrogens with zero attached hydrogens (tertiary/aromatic N) is 4. The van der Waals surface area contributed by atoms with Crippen molar-refractivity contribution in [1.29, 1.82) is 0 Å². The molecule has 5 N–H and O–H groups in total. The molecular formula is C25H35N7O3. The van der Waals surface area contributed by atoms with Crippen molar-refractivity contribution >= 4 is 17.8 Å². The topological polar surface area (TPSA) is 148 Å². The third-order valence-corrected chi connectivity index (χ3v) is 7.92.